The fraction of sp³-hybridized carbons (Fsp3) is 0.367. The fourth-order valence-corrected chi connectivity index (χ4v) is 7.03. The van der Waals surface area contributed by atoms with Crippen molar-refractivity contribution in [3.05, 3.63) is 87.5 Å². The highest BCUT2D eigenvalue weighted by atomic mass is 32.2. The number of ether oxygens (including phenoxy) is 1. The van der Waals surface area contributed by atoms with Crippen molar-refractivity contribution < 1.29 is 13.5 Å². The number of methoxy groups -OCH3 is 1. The van der Waals surface area contributed by atoms with Crippen LogP contribution in [0.4, 0.5) is 20.3 Å². The molecule has 1 saturated heterocycles. The first-order valence-electron chi connectivity index (χ1n) is 13.7. The van der Waals surface area contributed by atoms with Crippen molar-refractivity contribution in [2.45, 2.75) is 44.3 Å². The van der Waals surface area contributed by atoms with Gasteiger partial charge < -0.3 is 19.9 Å². The van der Waals surface area contributed by atoms with Crippen LogP contribution in [0.5, 0.6) is 5.88 Å². The zero-order valence-electron chi connectivity index (χ0n) is 22.9. The molecule has 214 valence electrons. The number of aromatic nitrogens is 3. The molecule has 1 unspecified atom stereocenters. The number of hydrogen-bond donors (Lipinski definition) is 1. The Kier molecular flexibility index (Phi) is 7.81. The molecule has 0 aliphatic carbocycles. The number of nitrogens with zero attached hydrogens (tertiary/aromatic N) is 5. The van der Waals surface area contributed by atoms with Crippen molar-refractivity contribution in [2.75, 3.05) is 36.6 Å². The van der Waals surface area contributed by atoms with Crippen molar-refractivity contribution in [3.63, 3.8) is 0 Å². The van der Waals surface area contributed by atoms with Gasteiger partial charge in [0.1, 0.15) is 5.82 Å². The van der Waals surface area contributed by atoms with Crippen LogP contribution in [0.2, 0.25) is 0 Å². The zero-order valence-corrected chi connectivity index (χ0v) is 23.7. The van der Waals surface area contributed by atoms with Gasteiger partial charge in [-0.05, 0) is 54.8 Å². The molecule has 3 aromatic heterocycles. The molecular formula is C30H32F2N6O2S. The van der Waals surface area contributed by atoms with Gasteiger partial charge in [-0.2, -0.15) is 0 Å². The van der Waals surface area contributed by atoms with Crippen molar-refractivity contribution in [3.8, 4) is 5.88 Å². The molecule has 11 heteroatoms. The number of nitrogen functional groups attached to an aromatic ring is 1. The molecule has 0 saturated carbocycles. The highest BCUT2D eigenvalue weighted by Crippen LogP contribution is 2.31. The topological polar surface area (TPSA) is 89.5 Å². The lowest BCUT2D eigenvalue weighted by atomic mass is 9.98. The van der Waals surface area contributed by atoms with Crippen LogP contribution < -0.4 is 20.8 Å². The Labute approximate surface area is 241 Å². The second-order valence-corrected chi connectivity index (χ2v) is 11.8. The van der Waals surface area contributed by atoms with E-state index in [-0.39, 0.29) is 16.2 Å². The second kappa shape index (κ2) is 11.7. The number of nitrogens with two attached hydrogens (primary N) is 1. The lowest BCUT2D eigenvalue weighted by Gasteiger charge is -2.34. The molecule has 2 N–H and O–H groups in total. The average molecular weight is 579 g/mol. The van der Waals surface area contributed by atoms with E-state index in [4.69, 9.17) is 10.5 Å². The number of hydrogen-bond acceptors (Lipinski definition) is 8. The molecular weight excluding hydrogens is 546 g/mol. The third kappa shape index (κ3) is 5.60. The molecule has 1 aromatic carbocycles. The summed E-state index contributed by atoms with van der Waals surface area (Å²) in [7, 11) is 1.58. The SMILES string of the molecule is COc1cc(CN(Cc2cn3c4c(c(F)c(F)cc4c2=O)CCC3)C2CN(c3ccc(N)nc3)CCCS2)ccn1. The molecule has 1 fully saturated rings. The summed E-state index contributed by atoms with van der Waals surface area (Å²) in [5.41, 5.74) is 8.94. The number of rotatable bonds is 7. The van der Waals surface area contributed by atoms with Crippen LogP contribution in [-0.4, -0.2) is 50.8 Å². The summed E-state index contributed by atoms with van der Waals surface area (Å²) in [5, 5.41) is 0.274. The average Bonchev–Trinajstić information content (AvgIpc) is 3.24. The second-order valence-electron chi connectivity index (χ2n) is 10.5. The van der Waals surface area contributed by atoms with E-state index in [2.05, 4.69) is 19.8 Å². The van der Waals surface area contributed by atoms with Crippen LogP contribution in [0.1, 0.15) is 29.5 Å². The van der Waals surface area contributed by atoms with E-state index in [1.807, 2.05) is 40.7 Å². The van der Waals surface area contributed by atoms with Gasteiger partial charge in [0.2, 0.25) is 5.88 Å². The van der Waals surface area contributed by atoms with Crippen molar-refractivity contribution >= 4 is 34.2 Å². The van der Waals surface area contributed by atoms with Crippen LogP contribution in [-0.2, 0) is 26.1 Å². The Morgan fingerprint density at radius 1 is 1.15 bits per heavy atom. The highest BCUT2D eigenvalue weighted by molar-refractivity contribution is 7.99. The number of aryl methyl sites for hydroxylation is 2. The summed E-state index contributed by atoms with van der Waals surface area (Å²) in [6.45, 7) is 3.14. The molecule has 6 rings (SSSR count). The summed E-state index contributed by atoms with van der Waals surface area (Å²) in [4.78, 5) is 26.9. The third-order valence-corrected chi connectivity index (χ3v) is 9.17. The molecule has 4 aromatic rings. The van der Waals surface area contributed by atoms with Crippen molar-refractivity contribution in [1.82, 2.24) is 19.4 Å². The molecule has 2 aliphatic heterocycles. The first-order chi connectivity index (χ1) is 19.9. The molecule has 0 spiro atoms. The number of pyridine rings is 3. The lowest BCUT2D eigenvalue weighted by Crippen LogP contribution is -2.41. The molecule has 0 radical (unpaired) electrons. The third-order valence-electron chi connectivity index (χ3n) is 7.82. The maximum atomic E-state index is 14.6. The number of anilines is 2. The Morgan fingerprint density at radius 2 is 2.02 bits per heavy atom. The highest BCUT2D eigenvalue weighted by Gasteiger charge is 2.28. The zero-order chi connectivity index (χ0) is 28.5. The largest absolute Gasteiger partial charge is 0.481 e. The normalized spacial score (nSPS) is 17.2. The van der Waals surface area contributed by atoms with Crippen LogP contribution in [0.25, 0.3) is 10.9 Å². The number of halogens is 2. The smallest absolute Gasteiger partial charge is 0.213 e. The van der Waals surface area contributed by atoms with E-state index < -0.39 is 11.6 Å². The van der Waals surface area contributed by atoms with Gasteiger partial charge in [0.25, 0.3) is 0 Å². The molecule has 0 bridgehead atoms. The Bertz CT molecular complexity index is 1630. The fourth-order valence-electron chi connectivity index (χ4n) is 5.82. The molecule has 41 heavy (non-hydrogen) atoms. The minimum Gasteiger partial charge on any atom is -0.481 e. The van der Waals surface area contributed by atoms with Crippen LogP contribution in [0.15, 0.2) is 53.7 Å². The molecule has 2 aliphatic rings. The summed E-state index contributed by atoms with van der Waals surface area (Å²) in [6.07, 6.45) is 7.46. The lowest BCUT2D eigenvalue weighted by molar-refractivity contribution is 0.239. The van der Waals surface area contributed by atoms with E-state index in [0.717, 1.165) is 36.0 Å². The van der Waals surface area contributed by atoms with E-state index in [9.17, 15) is 13.6 Å². The van der Waals surface area contributed by atoms with Gasteiger partial charge in [-0.25, -0.2) is 18.7 Å². The molecule has 5 heterocycles. The predicted octanol–water partition coefficient (Wildman–Crippen LogP) is 4.58. The summed E-state index contributed by atoms with van der Waals surface area (Å²) in [5.74, 6) is 0.130. The quantitative estimate of drug-likeness (QED) is 0.341. The minimum absolute atomic E-state index is 0.0335. The van der Waals surface area contributed by atoms with Gasteiger partial charge >= 0.3 is 0 Å². The number of benzene rings is 1. The molecule has 8 nitrogen and oxygen atoms in total. The van der Waals surface area contributed by atoms with E-state index in [0.29, 0.717) is 67.4 Å². The monoisotopic (exact) mass is 578 g/mol. The standard InChI is InChI=1S/C30H32F2N6O2S/c1-40-26-12-19(7-8-34-26)15-38(27-18-36(10-3-11-41-27)21-5-6-25(33)35-14-21)17-20-16-37-9-2-4-22-28(32)24(31)13-23(29(22)37)30(20)39/h5-8,12-14,16,27H,2-4,9-11,15,17-18H2,1H3,(H2,33,35). The minimum atomic E-state index is -0.969. The molecule has 1 atom stereocenters. The first kappa shape index (κ1) is 27.5. The first-order valence-corrected chi connectivity index (χ1v) is 14.8. The Hall–Kier alpha value is -3.70. The van der Waals surface area contributed by atoms with E-state index >= 15 is 0 Å². The van der Waals surface area contributed by atoms with Crippen LogP contribution in [0.3, 0.4) is 0 Å². The van der Waals surface area contributed by atoms with Gasteiger partial charge in [-0.15, -0.1) is 11.8 Å². The Balaban J connectivity index is 1.39. The maximum Gasteiger partial charge on any atom is 0.213 e. The van der Waals surface area contributed by atoms with E-state index in [1.165, 1.54) is 0 Å². The van der Waals surface area contributed by atoms with Crippen molar-refractivity contribution in [2.24, 2.45) is 0 Å². The summed E-state index contributed by atoms with van der Waals surface area (Å²) >= 11 is 1.85. The summed E-state index contributed by atoms with van der Waals surface area (Å²) in [6, 6.07) is 8.70. The van der Waals surface area contributed by atoms with Crippen molar-refractivity contribution in [1.29, 1.82) is 0 Å². The van der Waals surface area contributed by atoms with Gasteiger partial charge in [-0.3, -0.25) is 9.69 Å². The maximum absolute atomic E-state index is 14.6. The van der Waals surface area contributed by atoms with Gasteiger partial charge in [0, 0.05) is 67.7 Å². The van der Waals surface area contributed by atoms with Crippen LogP contribution in [0, 0.1) is 11.6 Å². The predicted molar refractivity (Wildman–Crippen MR) is 158 cm³/mol. The van der Waals surface area contributed by atoms with Gasteiger partial charge in [0.15, 0.2) is 17.1 Å². The van der Waals surface area contributed by atoms with Crippen LogP contribution >= 0.6 is 11.8 Å². The van der Waals surface area contributed by atoms with E-state index in [1.54, 1.807) is 25.6 Å². The Morgan fingerprint density at radius 3 is 2.83 bits per heavy atom. The molecule has 0 amide bonds. The van der Waals surface area contributed by atoms with Gasteiger partial charge in [-0.1, -0.05) is 0 Å². The summed E-state index contributed by atoms with van der Waals surface area (Å²) < 4.78 is 36.5. The number of thioether (sulfide) groups is 1. The van der Waals surface area contributed by atoms with Gasteiger partial charge in [0.05, 0.1) is 29.9 Å².